The Morgan fingerprint density at radius 1 is 1.17 bits per heavy atom. The maximum atomic E-state index is 2.68. The van der Waals surface area contributed by atoms with E-state index in [2.05, 4.69) is 20.9 Å². The quantitative estimate of drug-likeness (QED) is 0.330. The Hall–Kier alpha value is -1.00. The van der Waals surface area contributed by atoms with Crippen LogP contribution >= 0.6 is 0 Å². The first kappa shape index (κ1) is 3.20. The summed E-state index contributed by atoms with van der Waals surface area (Å²) in [6.45, 7) is 0. The highest BCUT2D eigenvalue weighted by atomic mass is 15.7. The molecule has 0 bridgehead atoms. The zero-order valence-electron chi connectivity index (χ0n) is 3.45. The number of aromatic amines is 4. The van der Waals surface area contributed by atoms with Crippen molar-refractivity contribution in [2.24, 2.45) is 7.05 Å². The van der Waals surface area contributed by atoms with Crippen molar-refractivity contribution in [3.8, 4) is 0 Å². The first-order valence-electron chi connectivity index (χ1n) is 1.64. The van der Waals surface area contributed by atoms with Crippen LogP contribution in [0.3, 0.4) is 0 Å². The molecule has 0 fully saturated rings. The lowest BCUT2D eigenvalue weighted by Crippen LogP contribution is -1.91. The fraction of sp³-hybridized carbons (Fsp3) is 1.00. The van der Waals surface area contributed by atoms with Crippen LogP contribution in [-0.4, -0.2) is 25.7 Å². The van der Waals surface area contributed by atoms with Crippen LogP contribution in [0.2, 0.25) is 0 Å². The lowest BCUT2D eigenvalue weighted by molar-refractivity contribution is 0.622. The number of aryl methyl sites for hydroxylation is 1. The molecule has 0 amide bonds. The van der Waals surface area contributed by atoms with Crippen LogP contribution in [0.5, 0.6) is 0 Å². The molecule has 1 aromatic heterocycles. The van der Waals surface area contributed by atoms with Crippen molar-refractivity contribution in [3.05, 3.63) is 0 Å². The van der Waals surface area contributed by atoms with Crippen LogP contribution in [0.25, 0.3) is 0 Å². The van der Waals surface area contributed by atoms with Gasteiger partial charge in [-0.1, -0.05) is 0 Å². The molecule has 36 valence electrons. The molecule has 1 aromatic rings. The van der Waals surface area contributed by atoms with Crippen LogP contribution in [-0.2, 0) is 7.05 Å². The first-order valence-corrected chi connectivity index (χ1v) is 1.64. The van der Waals surface area contributed by atoms with Gasteiger partial charge in [-0.05, 0) is 0 Å². The highest BCUT2D eigenvalue weighted by Crippen LogP contribution is 1.48. The second kappa shape index (κ2) is 1.00. The fourth-order valence-corrected chi connectivity index (χ4v) is 0.252. The Balaban J connectivity index is 3.05. The second-order valence-electron chi connectivity index (χ2n) is 1.03. The monoisotopic (exact) mass is 89.1 g/mol. The van der Waals surface area contributed by atoms with E-state index < -0.39 is 0 Å². The molecule has 0 unspecified atom stereocenters. The number of hydrogen-bond acceptors (Lipinski definition) is 0. The van der Waals surface area contributed by atoms with Crippen molar-refractivity contribution in [1.82, 2.24) is 25.7 Å². The summed E-state index contributed by atoms with van der Waals surface area (Å²) in [5, 5.41) is 10.5. The van der Waals surface area contributed by atoms with Crippen molar-refractivity contribution in [2.45, 2.75) is 0 Å². The highest BCUT2D eigenvalue weighted by Gasteiger charge is 1.61. The van der Waals surface area contributed by atoms with E-state index in [4.69, 9.17) is 0 Å². The molecule has 6 heavy (non-hydrogen) atoms. The molecule has 0 aromatic carbocycles. The summed E-state index contributed by atoms with van der Waals surface area (Å²) in [7, 11) is 1.83. The third kappa shape index (κ3) is 0.333. The van der Waals surface area contributed by atoms with E-state index in [1.54, 1.807) is 4.80 Å². The van der Waals surface area contributed by atoms with Crippen molar-refractivity contribution in [1.29, 1.82) is 0 Å². The minimum absolute atomic E-state index is 1.64. The number of nitrogens with one attached hydrogen (secondary N) is 4. The zero-order chi connectivity index (χ0) is 4.41. The summed E-state index contributed by atoms with van der Waals surface area (Å²) in [6, 6.07) is 0. The molecular formula is CH7N5. The minimum Gasteiger partial charge on any atom is -0.213 e. The van der Waals surface area contributed by atoms with Crippen LogP contribution < -0.4 is 0 Å². The van der Waals surface area contributed by atoms with Crippen molar-refractivity contribution >= 4 is 0 Å². The van der Waals surface area contributed by atoms with Gasteiger partial charge in [0.15, 0.2) is 0 Å². The van der Waals surface area contributed by atoms with Crippen LogP contribution in [0.4, 0.5) is 0 Å². The van der Waals surface area contributed by atoms with Crippen molar-refractivity contribution in [3.63, 3.8) is 0 Å². The Kier molecular flexibility index (Phi) is 0.533. The molecule has 1 heterocycles. The fourth-order valence-electron chi connectivity index (χ4n) is 0.252. The van der Waals surface area contributed by atoms with Gasteiger partial charge in [0.25, 0.3) is 0 Å². The zero-order valence-corrected chi connectivity index (χ0v) is 3.45. The van der Waals surface area contributed by atoms with E-state index in [1.165, 1.54) is 0 Å². The van der Waals surface area contributed by atoms with Gasteiger partial charge in [-0.15, -0.1) is 0 Å². The summed E-state index contributed by atoms with van der Waals surface area (Å²) in [5.74, 6) is 0. The SMILES string of the molecule is Cn1[nH][nH][nH][nH]1. The van der Waals surface area contributed by atoms with E-state index in [0.29, 0.717) is 0 Å². The summed E-state index contributed by atoms with van der Waals surface area (Å²) >= 11 is 0. The van der Waals surface area contributed by atoms with Crippen LogP contribution in [0, 0.1) is 0 Å². The van der Waals surface area contributed by atoms with E-state index in [0.717, 1.165) is 0 Å². The van der Waals surface area contributed by atoms with Gasteiger partial charge in [-0.25, -0.2) is 25.7 Å². The average Bonchev–Trinajstić information content (AvgIpc) is 1.86. The van der Waals surface area contributed by atoms with Crippen LogP contribution in [0.1, 0.15) is 0 Å². The molecular weight excluding hydrogens is 82.0 g/mol. The van der Waals surface area contributed by atoms with Gasteiger partial charge in [0.1, 0.15) is 0 Å². The third-order valence-corrected chi connectivity index (χ3v) is 0.510. The molecule has 0 saturated carbocycles. The molecule has 0 aliphatic heterocycles. The smallest absolute Gasteiger partial charge is 0.0482 e. The molecule has 0 radical (unpaired) electrons. The largest absolute Gasteiger partial charge is 0.213 e. The molecule has 0 spiro atoms. The molecule has 0 aliphatic rings. The van der Waals surface area contributed by atoms with Gasteiger partial charge >= 0.3 is 0 Å². The molecule has 0 atom stereocenters. The number of hydrogen-bond donors (Lipinski definition) is 4. The molecule has 0 saturated heterocycles. The third-order valence-electron chi connectivity index (χ3n) is 0.510. The average molecular weight is 89.1 g/mol. The van der Waals surface area contributed by atoms with E-state index in [1.807, 2.05) is 7.05 Å². The number of rotatable bonds is 0. The molecule has 4 N–H and O–H groups in total. The Morgan fingerprint density at radius 3 is 1.83 bits per heavy atom. The Labute approximate surface area is 33.9 Å². The summed E-state index contributed by atoms with van der Waals surface area (Å²) in [6.07, 6.45) is 0. The van der Waals surface area contributed by atoms with Crippen molar-refractivity contribution in [2.75, 3.05) is 0 Å². The van der Waals surface area contributed by atoms with Crippen LogP contribution in [0.15, 0.2) is 0 Å². The Morgan fingerprint density at radius 2 is 1.67 bits per heavy atom. The number of H-pyrrole nitrogens is 4. The molecule has 1 rings (SSSR count). The second-order valence-corrected chi connectivity index (χ2v) is 1.03. The normalized spacial score (nSPS) is 8.83. The molecule has 5 heteroatoms. The van der Waals surface area contributed by atoms with E-state index in [-0.39, 0.29) is 0 Å². The van der Waals surface area contributed by atoms with Gasteiger partial charge in [0, 0.05) is 7.05 Å². The lowest BCUT2D eigenvalue weighted by atomic mass is 11.5. The van der Waals surface area contributed by atoms with Crippen molar-refractivity contribution < 1.29 is 0 Å². The minimum atomic E-state index is 1.64. The topological polar surface area (TPSA) is 68.1 Å². The maximum Gasteiger partial charge on any atom is 0.0482 e. The predicted octanol–water partition coefficient (Wildman–Crippen LogP) is -0.538. The predicted molar refractivity (Wildman–Crippen MR) is 20.4 cm³/mol. The van der Waals surface area contributed by atoms with Gasteiger partial charge < -0.3 is 0 Å². The summed E-state index contributed by atoms with van der Waals surface area (Å²) < 4.78 is 0. The lowest BCUT2D eigenvalue weighted by Gasteiger charge is -1.78. The maximum absolute atomic E-state index is 2.68. The van der Waals surface area contributed by atoms with Gasteiger partial charge in [-0.2, -0.15) is 0 Å². The standard InChI is InChI=1S/CH7N5/c1-6-4-2-3-5-6/h2-5H,1H3. The highest BCUT2D eigenvalue weighted by molar-refractivity contribution is 4.01. The van der Waals surface area contributed by atoms with E-state index in [9.17, 15) is 0 Å². The first-order chi connectivity index (χ1) is 2.89. The van der Waals surface area contributed by atoms with Gasteiger partial charge in [-0.3, -0.25) is 0 Å². The summed E-state index contributed by atoms with van der Waals surface area (Å²) in [4.78, 5) is 1.64. The van der Waals surface area contributed by atoms with E-state index >= 15 is 0 Å². The Bertz CT molecular complexity index is 107. The number of aromatic nitrogens is 5. The van der Waals surface area contributed by atoms with Gasteiger partial charge in [0.2, 0.25) is 0 Å². The molecule has 0 aliphatic carbocycles. The summed E-state index contributed by atoms with van der Waals surface area (Å²) in [5.41, 5.74) is 0. The van der Waals surface area contributed by atoms with Gasteiger partial charge in [0.05, 0.1) is 0 Å². The molecule has 5 nitrogen and oxygen atoms in total. The number of nitrogens with zero attached hydrogens (tertiary/aromatic N) is 1.